The van der Waals surface area contributed by atoms with Crippen molar-refractivity contribution < 1.29 is 0 Å². The lowest BCUT2D eigenvalue weighted by Crippen LogP contribution is -1.95. The van der Waals surface area contributed by atoms with Gasteiger partial charge >= 0.3 is 0 Å². The molecular weight excluding hydrogens is 575 g/mol. The highest BCUT2D eigenvalue weighted by Gasteiger charge is 2.22. The molecule has 9 heteroatoms. The summed E-state index contributed by atoms with van der Waals surface area (Å²) in [4.78, 5) is 0. The predicted octanol–water partition coefficient (Wildman–Crippen LogP) is 6.06. The van der Waals surface area contributed by atoms with Crippen LogP contribution in [0.1, 0.15) is 12.5 Å². The van der Waals surface area contributed by atoms with Gasteiger partial charge in [-0.1, -0.05) is 6.92 Å². The number of aryl methyl sites for hydroxylation is 1. The smallest absolute Gasteiger partial charge is 0.119 e. The Morgan fingerprint density at radius 2 is 1.39 bits per heavy atom. The number of hydrogen-bond acceptors (Lipinski definition) is 6. The molecule has 2 aromatic carbocycles. The first-order valence-electron chi connectivity index (χ1n) is 6.66. The average molecular weight is 582 g/mol. The van der Waals surface area contributed by atoms with Gasteiger partial charge < -0.3 is 0 Å². The van der Waals surface area contributed by atoms with E-state index in [0.717, 1.165) is 52.1 Å². The number of halogens is 3. The van der Waals surface area contributed by atoms with Crippen LogP contribution in [0.4, 0.5) is 0 Å². The molecule has 23 heavy (non-hydrogen) atoms. The highest BCUT2D eigenvalue weighted by molar-refractivity contribution is 14.1. The van der Waals surface area contributed by atoms with E-state index in [4.69, 9.17) is 0 Å². The molecule has 0 aliphatic rings. The van der Waals surface area contributed by atoms with Crippen molar-refractivity contribution in [1.29, 1.82) is 0 Å². The first-order chi connectivity index (χ1) is 11.1. The van der Waals surface area contributed by atoms with Crippen molar-refractivity contribution in [1.82, 2.24) is 17.5 Å². The van der Waals surface area contributed by atoms with Crippen LogP contribution in [0, 0.1) is 3.57 Å². The van der Waals surface area contributed by atoms with Crippen LogP contribution < -0.4 is 0 Å². The van der Waals surface area contributed by atoms with Gasteiger partial charge in [-0.25, -0.2) is 0 Å². The van der Waals surface area contributed by atoms with Crippen LogP contribution in [-0.4, -0.2) is 17.5 Å². The van der Waals surface area contributed by atoms with Crippen molar-refractivity contribution in [2.45, 2.75) is 13.3 Å². The third kappa shape index (κ3) is 2.55. The third-order valence-corrected chi connectivity index (χ3v) is 6.77. The first kappa shape index (κ1) is 16.2. The summed E-state index contributed by atoms with van der Waals surface area (Å²) >= 11 is 12.0. The molecular formula is C14H7Br2IN4S2. The Kier molecular flexibility index (Phi) is 4.41. The maximum absolute atomic E-state index is 4.56. The van der Waals surface area contributed by atoms with Gasteiger partial charge in [0.25, 0.3) is 0 Å². The van der Waals surface area contributed by atoms with Crippen LogP contribution in [0.15, 0.2) is 21.1 Å². The molecule has 4 aromatic rings. The largest absolute Gasteiger partial charge is 0.172 e. The second kappa shape index (κ2) is 6.25. The molecule has 0 saturated heterocycles. The minimum absolute atomic E-state index is 0.895. The summed E-state index contributed by atoms with van der Waals surface area (Å²) in [5, 5.41) is 0. The number of nitrogens with zero attached hydrogens (tertiary/aromatic N) is 4. The van der Waals surface area contributed by atoms with Gasteiger partial charge in [-0.05, 0) is 78.6 Å². The van der Waals surface area contributed by atoms with Crippen LogP contribution in [0.2, 0.25) is 0 Å². The Hall–Kier alpha value is -0.230. The Morgan fingerprint density at radius 1 is 0.870 bits per heavy atom. The number of benzene rings is 2. The van der Waals surface area contributed by atoms with E-state index in [9.17, 15) is 0 Å². The monoisotopic (exact) mass is 580 g/mol. The van der Waals surface area contributed by atoms with Gasteiger partial charge in [-0.3, -0.25) is 0 Å². The van der Waals surface area contributed by atoms with E-state index < -0.39 is 0 Å². The van der Waals surface area contributed by atoms with Crippen molar-refractivity contribution in [2.24, 2.45) is 0 Å². The van der Waals surface area contributed by atoms with Gasteiger partial charge in [0.05, 0.1) is 23.5 Å². The molecule has 0 aliphatic carbocycles. The Bertz CT molecular complexity index is 1060. The minimum Gasteiger partial charge on any atom is -0.172 e. The average Bonchev–Trinajstić information content (AvgIpc) is 3.17. The summed E-state index contributed by atoms with van der Waals surface area (Å²) in [6, 6.07) is 4.23. The van der Waals surface area contributed by atoms with E-state index in [-0.39, 0.29) is 0 Å². The molecule has 0 saturated carbocycles. The topological polar surface area (TPSA) is 51.6 Å². The maximum atomic E-state index is 4.56. The van der Waals surface area contributed by atoms with Gasteiger partial charge in [-0.15, -0.1) is 0 Å². The van der Waals surface area contributed by atoms with Crippen molar-refractivity contribution in [3.8, 4) is 11.1 Å². The standard InChI is InChI=1S/C14H7Br2IN4S2/c1-2-5-3-6(15)11-13(20-22-18-11)9(5)10-8(17)4-7(16)12-14(10)21-23-19-12/h3-4H,2H2,1H3. The molecule has 0 fully saturated rings. The Balaban J connectivity index is 2.21. The molecule has 116 valence electrons. The summed E-state index contributed by atoms with van der Waals surface area (Å²) in [5.74, 6) is 0. The second-order valence-electron chi connectivity index (χ2n) is 4.88. The fraction of sp³-hybridized carbons (Fsp3) is 0.143. The highest BCUT2D eigenvalue weighted by atomic mass is 127. The lowest BCUT2D eigenvalue weighted by molar-refractivity contribution is 1.14. The van der Waals surface area contributed by atoms with E-state index in [0.29, 0.717) is 0 Å². The Labute approximate surface area is 170 Å². The van der Waals surface area contributed by atoms with E-state index in [2.05, 4.69) is 91.0 Å². The molecule has 0 bridgehead atoms. The van der Waals surface area contributed by atoms with Gasteiger partial charge in [0.15, 0.2) is 0 Å². The number of fused-ring (bicyclic) bond motifs is 2. The van der Waals surface area contributed by atoms with Gasteiger partial charge in [0.2, 0.25) is 0 Å². The molecule has 0 unspecified atom stereocenters. The third-order valence-electron chi connectivity index (χ3n) is 3.65. The van der Waals surface area contributed by atoms with E-state index in [1.165, 1.54) is 29.0 Å². The molecule has 0 spiro atoms. The van der Waals surface area contributed by atoms with Crippen LogP contribution >= 0.6 is 77.9 Å². The van der Waals surface area contributed by atoms with Crippen molar-refractivity contribution in [3.63, 3.8) is 0 Å². The van der Waals surface area contributed by atoms with Crippen LogP contribution in [0.25, 0.3) is 33.2 Å². The SMILES string of the molecule is CCc1cc(Br)c2nsnc2c1-c1c(I)cc(Br)c2nsnc12. The predicted molar refractivity (Wildman–Crippen MR) is 111 cm³/mol. The number of rotatable bonds is 2. The van der Waals surface area contributed by atoms with E-state index in [1.54, 1.807) is 0 Å². The van der Waals surface area contributed by atoms with Crippen molar-refractivity contribution in [3.05, 3.63) is 30.2 Å². The summed E-state index contributed by atoms with van der Waals surface area (Å²) < 4.78 is 21.0. The molecule has 4 rings (SSSR count). The molecule has 0 radical (unpaired) electrons. The fourth-order valence-corrected chi connectivity index (χ4v) is 6.32. The zero-order valence-electron chi connectivity index (χ0n) is 11.6. The number of hydrogen-bond donors (Lipinski definition) is 0. The normalized spacial score (nSPS) is 11.7. The maximum Gasteiger partial charge on any atom is 0.119 e. The van der Waals surface area contributed by atoms with Crippen LogP contribution in [0.5, 0.6) is 0 Å². The fourth-order valence-electron chi connectivity index (χ4n) is 2.62. The lowest BCUT2D eigenvalue weighted by Gasteiger charge is -2.13. The molecule has 0 atom stereocenters. The summed E-state index contributed by atoms with van der Waals surface area (Å²) in [5.41, 5.74) is 7.08. The Morgan fingerprint density at radius 3 is 2.00 bits per heavy atom. The summed E-state index contributed by atoms with van der Waals surface area (Å²) in [6.45, 7) is 2.15. The van der Waals surface area contributed by atoms with Crippen molar-refractivity contribution >= 4 is 100.0 Å². The van der Waals surface area contributed by atoms with Gasteiger partial charge in [-0.2, -0.15) is 17.5 Å². The summed E-state index contributed by atoms with van der Waals surface area (Å²) in [7, 11) is 0. The first-order valence-corrected chi connectivity index (χ1v) is 10.8. The molecule has 4 nitrogen and oxygen atoms in total. The van der Waals surface area contributed by atoms with Crippen LogP contribution in [-0.2, 0) is 6.42 Å². The molecule has 0 aliphatic heterocycles. The molecule has 2 aromatic heterocycles. The zero-order valence-corrected chi connectivity index (χ0v) is 18.6. The quantitative estimate of drug-likeness (QED) is 0.270. The number of aromatic nitrogens is 4. The summed E-state index contributed by atoms with van der Waals surface area (Å²) in [6.07, 6.45) is 0.909. The minimum atomic E-state index is 0.895. The molecule has 0 N–H and O–H groups in total. The van der Waals surface area contributed by atoms with Gasteiger partial charge in [0, 0.05) is 23.6 Å². The molecule has 2 heterocycles. The highest BCUT2D eigenvalue weighted by Crippen LogP contribution is 2.42. The zero-order chi connectivity index (χ0) is 16.1. The van der Waals surface area contributed by atoms with E-state index >= 15 is 0 Å². The van der Waals surface area contributed by atoms with E-state index in [1.807, 2.05) is 0 Å². The second-order valence-corrected chi connectivity index (χ2v) is 8.81. The van der Waals surface area contributed by atoms with Crippen LogP contribution in [0.3, 0.4) is 0 Å². The molecule has 0 amide bonds. The van der Waals surface area contributed by atoms with Gasteiger partial charge in [0.1, 0.15) is 22.1 Å². The lowest BCUT2D eigenvalue weighted by atomic mass is 9.95. The van der Waals surface area contributed by atoms with Crippen molar-refractivity contribution in [2.75, 3.05) is 0 Å².